The van der Waals surface area contributed by atoms with Gasteiger partial charge in [-0.3, -0.25) is 0 Å². The fourth-order valence-corrected chi connectivity index (χ4v) is 2.27. The van der Waals surface area contributed by atoms with Crippen molar-refractivity contribution in [3.05, 3.63) is 17.0 Å². The van der Waals surface area contributed by atoms with E-state index in [0.29, 0.717) is 5.15 Å². The van der Waals surface area contributed by atoms with Crippen LogP contribution in [-0.4, -0.2) is 23.6 Å². The van der Waals surface area contributed by atoms with Gasteiger partial charge in [0, 0.05) is 25.1 Å². The number of nitrogens with zero attached hydrogens (tertiary/aromatic N) is 3. The third-order valence-corrected chi connectivity index (χ3v) is 3.69. The highest BCUT2D eigenvalue weighted by Gasteiger charge is 2.22. The Labute approximate surface area is 115 Å². The van der Waals surface area contributed by atoms with E-state index in [1.165, 1.54) is 19.3 Å². The zero-order valence-electron chi connectivity index (χ0n) is 11.7. The van der Waals surface area contributed by atoms with Gasteiger partial charge in [0.25, 0.3) is 0 Å². The summed E-state index contributed by atoms with van der Waals surface area (Å²) in [6.07, 6.45) is 4.06. The van der Waals surface area contributed by atoms with E-state index < -0.39 is 0 Å². The summed E-state index contributed by atoms with van der Waals surface area (Å²) in [4.78, 5) is 11.2. The van der Waals surface area contributed by atoms with Crippen LogP contribution in [0.15, 0.2) is 6.07 Å². The molecule has 1 aromatic heterocycles. The Balaban J connectivity index is 2.18. The molecule has 0 N–H and O–H groups in total. The summed E-state index contributed by atoms with van der Waals surface area (Å²) in [5, 5.41) is 0.533. The molecular formula is C14H22ClN3. The van der Waals surface area contributed by atoms with Crippen molar-refractivity contribution in [2.24, 2.45) is 5.92 Å². The van der Waals surface area contributed by atoms with Crippen LogP contribution in [0.3, 0.4) is 0 Å². The molecule has 3 nitrogen and oxygen atoms in total. The monoisotopic (exact) mass is 267 g/mol. The van der Waals surface area contributed by atoms with Gasteiger partial charge in [-0.15, -0.1) is 0 Å². The third-order valence-electron chi connectivity index (χ3n) is 3.50. The molecule has 1 aromatic rings. The number of aromatic nitrogens is 2. The molecule has 0 amide bonds. The molecule has 0 saturated heterocycles. The fourth-order valence-electron chi connectivity index (χ4n) is 2.09. The van der Waals surface area contributed by atoms with E-state index in [9.17, 15) is 0 Å². The first-order valence-electron chi connectivity index (χ1n) is 6.62. The van der Waals surface area contributed by atoms with Gasteiger partial charge in [0.05, 0.1) is 0 Å². The summed E-state index contributed by atoms with van der Waals surface area (Å²) in [7, 11) is 2.09. The second kappa shape index (κ2) is 5.04. The van der Waals surface area contributed by atoms with Crippen molar-refractivity contribution < 1.29 is 0 Å². The van der Waals surface area contributed by atoms with Crippen LogP contribution in [0.25, 0.3) is 0 Å². The second-order valence-corrected chi connectivity index (χ2v) is 6.69. The standard InChI is InChI=1S/C14H22ClN3/c1-14(2,3)13-16-11(15)8-12(17-13)18(4)9-10-6-5-7-10/h8,10H,5-7,9H2,1-4H3. The Kier molecular flexibility index (Phi) is 3.81. The van der Waals surface area contributed by atoms with Crippen molar-refractivity contribution in [1.82, 2.24) is 9.97 Å². The van der Waals surface area contributed by atoms with Crippen LogP contribution in [0.1, 0.15) is 45.9 Å². The molecule has 1 aliphatic rings. The van der Waals surface area contributed by atoms with Gasteiger partial charge in [-0.05, 0) is 18.8 Å². The van der Waals surface area contributed by atoms with Gasteiger partial charge in [0.1, 0.15) is 16.8 Å². The molecule has 0 atom stereocenters. The normalized spacial score (nSPS) is 16.5. The number of rotatable bonds is 3. The van der Waals surface area contributed by atoms with E-state index in [1.807, 2.05) is 6.07 Å². The van der Waals surface area contributed by atoms with Gasteiger partial charge in [0.15, 0.2) is 0 Å². The van der Waals surface area contributed by atoms with E-state index in [0.717, 1.165) is 24.1 Å². The summed E-state index contributed by atoms with van der Waals surface area (Å²) in [6, 6.07) is 1.86. The van der Waals surface area contributed by atoms with Gasteiger partial charge in [-0.1, -0.05) is 38.8 Å². The van der Waals surface area contributed by atoms with Crippen molar-refractivity contribution in [1.29, 1.82) is 0 Å². The highest BCUT2D eigenvalue weighted by atomic mass is 35.5. The predicted octanol–water partition coefficient (Wildman–Crippen LogP) is 3.66. The average Bonchev–Trinajstić information content (AvgIpc) is 2.21. The lowest BCUT2D eigenvalue weighted by Crippen LogP contribution is -2.30. The molecule has 2 rings (SSSR count). The molecule has 0 radical (unpaired) electrons. The zero-order chi connectivity index (χ0) is 13.3. The number of anilines is 1. The Morgan fingerprint density at radius 1 is 1.33 bits per heavy atom. The van der Waals surface area contributed by atoms with Crippen molar-refractivity contribution >= 4 is 17.4 Å². The second-order valence-electron chi connectivity index (χ2n) is 6.30. The molecule has 0 bridgehead atoms. The van der Waals surface area contributed by atoms with Gasteiger partial charge >= 0.3 is 0 Å². The Bertz CT molecular complexity index is 422. The van der Waals surface area contributed by atoms with E-state index in [4.69, 9.17) is 11.6 Å². The summed E-state index contributed by atoms with van der Waals surface area (Å²) in [5.41, 5.74) is -0.0725. The van der Waals surface area contributed by atoms with Crippen molar-refractivity contribution in [2.45, 2.75) is 45.4 Å². The number of hydrogen-bond donors (Lipinski definition) is 0. The molecule has 0 spiro atoms. The van der Waals surface area contributed by atoms with Crippen molar-refractivity contribution in [2.75, 3.05) is 18.5 Å². The largest absolute Gasteiger partial charge is 0.359 e. The topological polar surface area (TPSA) is 29.0 Å². The maximum atomic E-state index is 6.11. The van der Waals surface area contributed by atoms with Gasteiger partial charge in [-0.25, -0.2) is 9.97 Å². The van der Waals surface area contributed by atoms with Crippen LogP contribution in [0.5, 0.6) is 0 Å². The highest BCUT2D eigenvalue weighted by molar-refractivity contribution is 6.29. The smallest absolute Gasteiger partial charge is 0.137 e. The molecular weight excluding hydrogens is 246 g/mol. The minimum Gasteiger partial charge on any atom is -0.359 e. The van der Waals surface area contributed by atoms with Crippen molar-refractivity contribution in [3.63, 3.8) is 0 Å². The minimum absolute atomic E-state index is 0.0725. The zero-order valence-corrected chi connectivity index (χ0v) is 12.5. The maximum absolute atomic E-state index is 6.11. The van der Waals surface area contributed by atoms with Gasteiger partial charge in [-0.2, -0.15) is 0 Å². The van der Waals surface area contributed by atoms with E-state index in [-0.39, 0.29) is 5.41 Å². The van der Waals surface area contributed by atoms with Gasteiger partial charge < -0.3 is 4.90 Å². The third kappa shape index (κ3) is 3.14. The van der Waals surface area contributed by atoms with Crippen LogP contribution >= 0.6 is 11.6 Å². The minimum atomic E-state index is -0.0725. The van der Waals surface area contributed by atoms with E-state index in [1.54, 1.807) is 0 Å². The first kappa shape index (κ1) is 13.6. The Morgan fingerprint density at radius 2 is 2.00 bits per heavy atom. The molecule has 4 heteroatoms. The first-order valence-corrected chi connectivity index (χ1v) is 7.00. The molecule has 18 heavy (non-hydrogen) atoms. The molecule has 1 saturated carbocycles. The van der Waals surface area contributed by atoms with Gasteiger partial charge in [0.2, 0.25) is 0 Å². The first-order chi connectivity index (χ1) is 8.36. The lowest BCUT2D eigenvalue weighted by Gasteiger charge is -2.31. The summed E-state index contributed by atoms with van der Waals surface area (Å²) in [6.45, 7) is 7.38. The Morgan fingerprint density at radius 3 is 2.50 bits per heavy atom. The van der Waals surface area contributed by atoms with Crippen LogP contribution in [-0.2, 0) is 5.41 Å². The summed E-state index contributed by atoms with van der Waals surface area (Å²) >= 11 is 6.11. The highest BCUT2D eigenvalue weighted by Crippen LogP contribution is 2.29. The van der Waals surface area contributed by atoms with Crippen LogP contribution in [0.4, 0.5) is 5.82 Å². The molecule has 100 valence electrons. The average molecular weight is 268 g/mol. The molecule has 1 aliphatic carbocycles. The molecule has 1 fully saturated rings. The lowest BCUT2D eigenvalue weighted by molar-refractivity contribution is 0.321. The quantitative estimate of drug-likeness (QED) is 0.783. The molecule has 1 heterocycles. The number of halogens is 1. The van der Waals surface area contributed by atoms with E-state index in [2.05, 4.69) is 42.7 Å². The summed E-state index contributed by atoms with van der Waals surface area (Å²) in [5.74, 6) is 2.57. The van der Waals surface area contributed by atoms with Crippen molar-refractivity contribution in [3.8, 4) is 0 Å². The van der Waals surface area contributed by atoms with Crippen LogP contribution in [0, 0.1) is 5.92 Å². The Hall–Kier alpha value is -0.830. The molecule has 0 unspecified atom stereocenters. The predicted molar refractivity (Wildman–Crippen MR) is 76.4 cm³/mol. The SMILES string of the molecule is CN(CC1CCC1)c1cc(Cl)nc(C(C)(C)C)n1. The number of hydrogen-bond acceptors (Lipinski definition) is 3. The molecule has 0 aromatic carbocycles. The lowest BCUT2D eigenvalue weighted by atomic mass is 9.85. The fraction of sp³-hybridized carbons (Fsp3) is 0.714. The van der Waals surface area contributed by atoms with Crippen LogP contribution < -0.4 is 4.90 Å². The summed E-state index contributed by atoms with van der Waals surface area (Å²) < 4.78 is 0. The van der Waals surface area contributed by atoms with Crippen LogP contribution in [0.2, 0.25) is 5.15 Å². The maximum Gasteiger partial charge on any atom is 0.137 e. The molecule has 0 aliphatic heterocycles. The van der Waals surface area contributed by atoms with E-state index >= 15 is 0 Å².